The fourth-order valence-electron chi connectivity index (χ4n) is 3.82. The first kappa shape index (κ1) is 21.9. The molecule has 1 aliphatic heterocycles. The van der Waals surface area contributed by atoms with Crippen LogP contribution in [0.25, 0.3) is 5.76 Å². The van der Waals surface area contributed by atoms with Gasteiger partial charge in [-0.1, -0.05) is 65.2 Å². The van der Waals surface area contributed by atoms with Crippen LogP contribution in [-0.2, 0) is 9.59 Å². The minimum atomic E-state index is -0.849. The van der Waals surface area contributed by atoms with Crippen LogP contribution in [0, 0.1) is 6.92 Å². The maximum absolute atomic E-state index is 13.2. The average molecular weight is 468 g/mol. The van der Waals surface area contributed by atoms with E-state index in [0.29, 0.717) is 27.6 Å². The number of aliphatic hydroxyl groups excluding tert-OH is 1. The molecule has 0 saturated carbocycles. The van der Waals surface area contributed by atoms with Gasteiger partial charge in [0.15, 0.2) is 0 Å². The molecule has 1 aliphatic rings. The van der Waals surface area contributed by atoms with Crippen molar-refractivity contribution >= 4 is 46.3 Å². The van der Waals surface area contributed by atoms with Crippen molar-refractivity contribution in [2.75, 3.05) is 12.0 Å². The van der Waals surface area contributed by atoms with E-state index in [2.05, 4.69) is 0 Å². The van der Waals surface area contributed by atoms with Gasteiger partial charge in [0.25, 0.3) is 11.7 Å². The van der Waals surface area contributed by atoms with Crippen molar-refractivity contribution < 1.29 is 19.4 Å². The standard InChI is InChI=1S/C25H19Cl2NO4/c1-14-5-3-6-15(11-14)22-21(23(29)16-7-4-8-18(12-16)32-2)24(30)25(31)28(22)17-9-10-19(26)20(27)13-17/h3-13,22,29H,1-2H3/b23-21+. The van der Waals surface area contributed by atoms with Gasteiger partial charge in [0.05, 0.1) is 28.8 Å². The van der Waals surface area contributed by atoms with Crippen LogP contribution in [0.1, 0.15) is 22.7 Å². The van der Waals surface area contributed by atoms with Crippen molar-refractivity contribution in [1.82, 2.24) is 0 Å². The van der Waals surface area contributed by atoms with Gasteiger partial charge in [-0.3, -0.25) is 14.5 Å². The van der Waals surface area contributed by atoms with Gasteiger partial charge in [-0.25, -0.2) is 0 Å². The van der Waals surface area contributed by atoms with Crippen molar-refractivity contribution in [3.05, 3.63) is 99.0 Å². The van der Waals surface area contributed by atoms with Crippen LogP contribution in [-0.4, -0.2) is 23.9 Å². The Balaban J connectivity index is 1.96. The molecule has 1 heterocycles. The molecule has 1 N–H and O–H groups in total. The second-order valence-electron chi connectivity index (χ2n) is 7.41. The van der Waals surface area contributed by atoms with Crippen molar-refractivity contribution in [3.63, 3.8) is 0 Å². The molecular formula is C25H19Cl2NO4. The molecule has 0 aromatic heterocycles. The fraction of sp³-hybridized carbons (Fsp3) is 0.120. The van der Waals surface area contributed by atoms with E-state index in [1.807, 2.05) is 31.2 Å². The lowest BCUT2D eigenvalue weighted by molar-refractivity contribution is -0.132. The van der Waals surface area contributed by atoms with Crippen LogP contribution in [0.5, 0.6) is 5.75 Å². The lowest BCUT2D eigenvalue weighted by Crippen LogP contribution is -2.29. The summed E-state index contributed by atoms with van der Waals surface area (Å²) in [4.78, 5) is 27.7. The summed E-state index contributed by atoms with van der Waals surface area (Å²) in [7, 11) is 1.51. The van der Waals surface area contributed by atoms with Crippen LogP contribution in [0.3, 0.4) is 0 Å². The van der Waals surface area contributed by atoms with E-state index in [4.69, 9.17) is 27.9 Å². The van der Waals surface area contributed by atoms with Crippen LogP contribution < -0.4 is 9.64 Å². The highest BCUT2D eigenvalue weighted by Gasteiger charge is 2.47. The molecule has 0 bridgehead atoms. The number of aryl methyl sites for hydroxylation is 1. The molecule has 3 aromatic carbocycles. The number of nitrogens with zero attached hydrogens (tertiary/aromatic N) is 1. The summed E-state index contributed by atoms with van der Waals surface area (Å²) in [6, 6.07) is 18.0. The number of benzene rings is 3. The van der Waals surface area contributed by atoms with Crippen LogP contribution in [0.4, 0.5) is 5.69 Å². The van der Waals surface area contributed by atoms with Gasteiger partial charge in [0.2, 0.25) is 0 Å². The highest BCUT2D eigenvalue weighted by Crippen LogP contribution is 2.43. The molecule has 5 nitrogen and oxygen atoms in total. The number of halogens is 2. The molecule has 1 fully saturated rings. The number of methoxy groups -OCH3 is 1. The summed E-state index contributed by atoms with van der Waals surface area (Å²) in [5, 5.41) is 11.8. The summed E-state index contributed by atoms with van der Waals surface area (Å²) in [5.41, 5.74) is 2.38. The monoisotopic (exact) mass is 467 g/mol. The van der Waals surface area contributed by atoms with Crippen LogP contribution >= 0.6 is 23.2 Å². The van der Waals surface area contributed by atoms with Crippen LogP contribution in [0.15, 0.2) is 72.3 Å². The van der Waals surface area contributed by atoms with E-state index in [1.165, 1.54) is 18.1 Å². The van der Waals surface area contributed by atoms with E-state index in [0.717, 1.165) is 5.56 Å². The Hall–Kier alpha value is -3.28. The third-order valence-electron chi connectivity index (χ3n) is 5.33. The fourth-order valence-corrected chi connectivity index (χ4v) is 4.11. The number of anilines is 1. The molecule has 7 heteroatoms. The highest BCUT2D eigenvalue weighted by molar-refractivity contribution is 6.52. The Labute approximate surface area is 195 Å². The minimum Gasteiger partial charge on any atom is -0.507 e. The predicted molar refractivity (Wildman–Crippen MR) is 125 cm³/mol. The van der Waals surface area contributed by atoms with Crippen molar-refractivity contribution in [2.45, 2.75) is 13.0 Å². The Morgan fingerprint density at radius 1 is 0.969 bits per heavy atom. The predicted octanol–water partition coefficient (Wildman–Crippen LogP) is 5.94. The van der Waals surface area contributed by atoms with E-state index in [-0.39, 0.29) is 16.4 Å². The molecule has 1 saturated heterocycles. The Kier molecular flexibility index (Phi) is 5.96. The lowest BCUT2D eigenvalue weighted by Gasteiger charge is -2.26. The van der Waals surface area contributed by atoms with Gasteiger partial charge < -0.3 is 9.84 Å². The van der Waals surface area contributed by atoms with E-state index in [9.17, 15) is 14.7 Å². The zero-order valence-corrected chi connectivity index (χ0v) is 18.8. The van der Waals surface area contributed by atoms with Gasteiger partial charge >= 0.3 is 0 Å². The molecule has 0 spiro atoms. The summed E-state index contributed by atoms with van der Waals surface area (Å²) >= 11 is 12.2. The number of amides is 1. The molecule has 3 aromatic rings. The quantitative estimate of drug-likeness (QED) is 0.293. The second kappa shape index (κ2) is 8.69. The first-order chi connectivity index (χ1) is 15.3. The maximum atomic E-state index is 13.2. The number of hydrogen-bond donors (Lipinski definition) is 1. The average Bonchev–Trinajstić information content (AvgIpc) is 3.06. The first-order valence-corrected chi connectivity index (χ1v) is 10.5. The Morgan fingerprint density at radius 3 is 2.41 bits per heavy atom. The Morgan fingerprint density at radius 2 is 1.72 bits per heavy atom. The van der Waals surface area contributed by atoms with Crippen LogP contribution in [0.2, 0.25) is 10.0 Å². The third kappa shape index (κ3) is 3.85. The molecule has 162 valence electrons. The number of hydrogen-bond acceptors (Lipinski definition) is 4. The van der Waals surface area contributed by atoms with Crippen molar-refractivity contribution in [2.24, 2.45) is 0 Å². The molecule has 1 amide bonds. The number of rotatable bonds is 4. The number of Topliss-reactive ketones (excluding diaryl/α,β-unsaturated/α-hetero) is 1. The normalized spacial score (nSPS) is 17.6. The zero-order chi connectivity index (χ0) is 23.0. The number of carbonyl (C=O) groups excluding carboxylic acids is 2. The molecule has 32 heavy (non-hydrogen) atoms. The third-order valence-corrected chi connectivity index (χ3v) is 6.07. The summed E-state index contributed by atoms with van der Waals surface area (Å²) in [5.74, 6) is -1.32. The lowest BCUT2D eigenvalue weighted by atomic mass is 9.94. The van der Waals surface area contributed by atoms with Gasteiger partial charge in [0, 0.05) is 11.3 Å². The van der Waals surface area contributed by atoms with Gasteiger partial charge in [-0.15, -0.1) is 0 Å². The molecular weight excluding hydrogens is 449 g/mol. The topological polar surface area (TPSA) is 66.8 Å². The second-order valence-corrected chi connectivity index (χ2v) is 8.23. The zero-order valence-electron chi connectivity index (χ0n) is 17.3. The SMILES string of the molecule is COc1cccc(/C(O)=C2\C(=O)C(=O)N(c3ccc(Cl)c(Cl)c3)C2c2cccc(C)c2)c1. The summed E-state index contributed by atoms with van der Waals surface area (Å²) in [6.07, 6.45) is 0. The minimum absolute atomic E-state index is 0.0140. The maximum Gasteiger partial charge on any atom is 0.300 e. The summed E-state index contributed by atoms with van der Waals surface area (Å²) in [6.45, 7) is 1.91. The molecule has 4 rings (SSSR count). The van der Waals surface area contributed by atoms with Crippen molar-refractivity contribution in [3.8, 4) is 5.75 Å². The van der Waals surface area contributed by atoms with Gasteiger partial charge in [-0.2, -0.15) is 0 Å². The Bertz CT molecular complexity index is 1270. The number of ether oxygens (including phenoxy) is 1. The summed E-state index contributed by atoms with van der Waals surface area (Å²) < 4.78 is 5.23. The first-order valence-electron chi connectivity index (χ1n) is 9.79. The van der Waals surface area contributed by atoms with E-state index in [1.54, 1.807) is 36.4 Å². The molecule has 1 unspecified atom stereocenters. The van der Waals surface area contributed by atoms with Gasteiger partial charge in [-0.05, 0) is 42.8 Å². The number of aliphatic hydroxyl groups is 1. The largest absolute Gasteiger partial charge is 0.507 e. The van der Waals surface area contributed by atoms with E-state index >= 15 is 0 Å². The smallest absolute Gasteiger partial charge is 0.300 e. The van der Waals surface area contributed by atoms with Gasteiger partial charge in [0.1, 0.15) is 11.5 Å². The van der Waals surface area contributed by atoms with E-state index < -0.39 is 17.7 Å². The molecule has 0 radical (unpaired) electrons. The highest BCUT2D eigenvalue weighted by atomic mass is 35.5. The van der Waals surface area contributed by atoms with Crippen molar-refractivity contribution in [1.29, 1.82) is 0 Å². The number of carbonyl (C=O) groups is 2. The number of ketones is 1. The molecule has 0 aliphatic carbocycles. The molecule has 1 atom stereocenters.